The zero-order valence-corrected chi connectivity index (χ0v) is 9.10. The maximum absolute atomic E-state index is 11.0. The van der Waals surface area contributed by atoms with Gasteiger partial charge in [0.15, 0.2) is 5.65 Å². The standard InChI is InChI=1S/C7H4ClN3O4S/c8-16(14,15)4-1-5-6(9-2-4)11(3-10-5)7(12)13/h1-3H,(H,12,13). The van der Waals surface area contributed by atoms with Crippen LogP contribution in [0.2, 0.25) is 0 Å². The first-order chi connectivity index (χ1) is 7.39. The maximum Gasteiger partial charge on any atom is 0.418 e. The van der Waals surface area contributed by atoms with Crippen molar-refractivity contribution in [3.8, 4) is 0 Å². The number of imidazole rings is 1. The molecule has 2 aromatic rings. The minimum absolute atomic E-state index is 0.0524. The van der Waals surface area contributed by atoms with Crippen molar-refractivity contribution in [3.05, 3.63) is 18.6 Å². The SMILES string of the molecule is O=C(O)n1cnc2cc(S(=O)(=O)Cl)cnc21. The highest BCUT2D eigenvalue weighted by molar-refractivity contribution is 8.13. The van der Waals surface area contributed by atoms with Gasteiger partial charge in [-0.05, 0) is 6.07 Å². The molecule has 0 radical (unpaired) electrons. The van der Waals surface area contributed by atoms with Gasteiger partial charge < -0.3 is 5.11 Å². The van der Waals surface area contributed by atoms with Crippen LogP contribution in [0.3, 0.4) is 0 Å². The summed E-state index contributed by atoms with van der Waals surface area (Å²) in [5.41, 5.74) is 0.195. The number of aromatic nitrogens is 3. The van der Waals surface area contributed by atoms with E-state index in [1.54, 1.807) is 0 Å². The summed E-state index contributed by atoms with van der Waals surface area (Å²) in [6.07, 6.45) is 0.757. The van der Waals surface area contributed by atoms with E-state index < -0.39 is 15.1 Å². The summed E-state index contributed by atoms with van der Waals surface area (Å²) in [6.45, 7) is 0. The molecule has 0 fully saturated rings. The summed E-state index contributed by atoms with van der Waals surface area (Å²) in [5.74, 6) is 0. The molecular weight excluding hydrogens is 258 g/mol. The Morgan fingerprint density at radius 1 is 1.44 bits per heavy atom. The molecule has 2 aromatic heterocycles. The normalized spacial score (nSPS) is 11.8. The molecule has 2 rings (SSSR count). The molecule has 0 aromatic carbocycles. The number of rotatable bonds is 1. The molecule has 0 saturated carbocycles. The summed E-state index contributed by atoms with van der Waals surface area (Å²) >= 11 is 0. The Bertz CT molecular complexity index is 678. The Morgan fingerprint density at radius 2 is 2.12 bits per heavy atom. The molecule has 0 unspecified atom stereocenters. The van der Waals surface area contributed by atoms with Crippen molar-refractivity contribution in [2.45, 2.75) is 4.90 Å². The second-order valence-corrected chi connectivity index (χ2v) is 5.41. The summed E-state index contributed by atoms with van der Waals surface area (Å²) < 4.78 is 22.8. The molecule has 7 nitrogen and oxygen atoms in total. The van der Waals surface area contributed by atoms with Gasteiger partial charge in [-0.15, -0.1) is 0 Å². The van der Waals surface area contributed by atoms with E-state index in [-0.39, 0.29) is 16.1 Å². The number of nitrogens with zero attached hydrogens (tertiary/aromatic N) is 3. The molecule has 0 aliphatic heterocycles. The van der Waals surface area contributed by atoms with E-state index in [0.717, 1.165) is 23.2 Å². The largest absolute Gasteiger partial charge is 0.464 e. The molecular formula is C7H4ClN3O4S. The van der Waals surface area contributed by atoms with Gasteiger partial charge in [-0.1, -0.05) is 0 Å². The van der Waals surface area contributed by atoms with Gasteiger partial charge >= 0.3 is 6.09 Å². The second kappa shape index (κ2) is 3.42. The number of hydrogen-bond acceptors (Lipinski definition) is 5. The van der Waals surface area contributed by atoms with Crippen molar-refractivity contribution in [2.75, 3.05) is 0 Å². The van der Waals surface area contributed by atoms with Crippen molar-refractivity contribution in [2.24, 2.45) is 0 Å². The smallest absolute Gasteiger partial charge is 0.418 e. The fourth-order valence-electron chi connectivity index (χ4n) is 1.16. The number of halogens is 1. The molecule has 1 N–H and O–H groups in total. The topological polar surface area (TPSA) is 102 Å². The summed E-state index contributed by atoms with van der Waals surface area (Å²) in [7, 11) is 1.22. The first-order valence-corrected chi connectivity index (χ1v) is 6.21. The van der Waals surface area contributed by atoms with E-state index in [2.05, 4.69) is 9.97 Å². The zero-order chi connectivity index (χ0) is 11.9. The molecule has 0 saturated heterocycles. The fraction of sp³-hybridized carbons (Fsp3) is 0. The Balaban J connectivity index is 2.71. The maximum atomic E-state index is 11.0. The van der Waals surface area contributed by atoms with Crippen LogP contribution in [0, 0.1) is 0 Å². The van der Waals surface area contributed by atoms with Gasteiger partial charge in [0.25, 0.3) is 9.05 Å². The Morgan fingerprint density at radius 3 is 2.69 bits per heavy atom. The van der Waals surface area contributed by atoms with Crippen LogP contribution >= 0.6 is 10.7 Å². The lowest BCUT2D eigenvalue weighted by atomic mass is 10.4. The van der Waals surface area contributed by atoms with E-state index in [4.69, 9.17) is 15.8 Å². The van der Waals surface area contributed by atoms with Crippen LogP contribution in [0.15, 0.2) is 23.5 Å². The van der Waals surface area contributed by atoms with Crippen LogP contribution in [-0.2, 0) is 9.05 Å². The first kappa shape index (κ1) is 10.8. The number of pyridine rings is 1. The van der Waals surface area contributed by atoms with Gasteiger partial charge in [0.2, 0.25) is 0 Å². The number of carbonyl (C=O) groups is 1. The Kier molecular flexibility index (Phi) is 2.32. The minimum atomic E-state index is -3.89. The van der Waals surface area contributed by atoms with Gasteiger partial charge in [-0.2, -0.15) is 0 Å². The van der Waals surface area contributed by atoms with E-state index >= 15 is 0 Å². The zero-order valence-electron chi connectivity index (χ0n) is 7.53. The predicted molar refractivity (Wildman–Crippen MR) is 54.0 cm³/mol. The Hall–Kier alpha value is -1.67. The third-order valence-electron chi connectivity index (χ3n) is 1.85. The van der Waals surface area contributed by atoms with E-state index in [0.29, 0.717) is 0 Å². The quantitative estimate of drug-likeness (QED) is 0.765. The lowest BCUT2D eigenvalue weighted by molar-refractivity contribution is 0.197. The lowest BCUT2D eigenvalue weighted by Gasteiger charge is -1.96. The molecule has 16 heavy (non-hydrogen) atoms. The van der Waals surface area contributed by atoms with Crippen molar-refractivity contribution >= 4 is 37.0 Å². The van der Waals surface area contributed by atoms with Crippen LogP contribution in [0.1, 0.15) is 0 Å². The van der Waals surface area contributed by atoms with Gasteiger partial charge in [0.05, 0.1) is 0 Å². The summed E-state index contributed by atoms with van der Waals surface area (Å²) in [4.78, 5) is 17.9. The molecule has 84 valence electrons. The third-order valence-corrected chi connectivity index (χ3v) is 3.17. The molecule has 0 spiro atoms. The monoisotopic (exact) mass is 261 g/mol. The predicted octanol–water partition coefficient (Wildman–Crippen LogP) is 0.885. The number of carboxylic acid groups (broad SMARTS) is 1. The van der Waals surface area contributed by atoms with Gasteiger partial charge in [-0.25, -0.2) is 27.7 Å². The Labute approximate surface area is 93.7 Å². The van der Waals surface area contributed by atoms with Crippen LogP contribution in [0.4, 0.5) is 4.79 Å². The number of hydrogen-bond donors (Lipinski definition) is 1. The van der Waals surface area contributed by atoms with Crippen LogP contribution in [0.5, 0.6) is 0 Å². The molecule has 9 heteroatoms. The van der Waals surface area contributed by atoms with Crippen LogP contribution in [0.25, 0.3) is 11.2 Å². The highest BCUT2D eigenvalue weighted by Crippen LogP contribution is 2.18. The average molecular weight is 262 g/mol. The molecule has 0 amide bonds. The summed E-state index contributed by atoms with van der Waals surface area (Å²) in [5, 5.41) is 8.74. The molecule has 0 aliphatic carbocycles. The molecule has 0 aliphatic rings. The van der Waals surface area contributed by atoms with Crippen LogP contribution < -0.4 is 0 Å². The lowest BCUT2D eigenvalue weighted by Crippen LogP contribution is -2.06. The van der Waals surface area contributed by atoms with E-state index in [1.165, 1.54) is 0 Å². The highest BCUT2D eigenvalue weighted by Gasteiger charge is 2.15. The van der Waals surface area contributed by atoms with Crippen molar-refractivity contribution in [1.82, 2.24) is 14.5 Å². The average Bonchev–Trinajstić information content (AvgIpc) is 2.58. The third kappa shape index (κ3) is 1.72. The van der Waals surface area contributed by atoms with Gasteiger partial charge in [0, 0.05) is 16.9 Å². The van der Waals surface area contributed by atoms with Crippen molar-refractivity contribution < 1.29 is 18.3 Å². The first-order valence-electron chi connectivity index (χ1n) is 3.90. The van der Waals surface area contributed by atoms with Crippen LogP contribution in [-0.4, -0.2) is 34.2 Å². The van der Waals surface area contributed by atoms with Gasteiger partial charge in [0.1, 0.15) is 16.7 Å². The van der Waals surface area contributed by atoms with Crippen molar-refractivity contribution in [3.63, 3.8) is 0 Å². The van der Waals surface area contributed by atoms with E-state index in [1.807, 2.05) is 0 Å². The summed E-state index contributed by atoms with van der Waals surface area (Å²) in [6, 6.07) is 1.16. The second-order valence-electron chi connectivity index (χ2n) is 2.85. The molecule has 2 heterocycles. The minimum Gasteiger partial charge on any atom is -0.464 e. The molecule has 0 atom stereocenters. The molecule has 0 bridgehead atoms. The highest BCUT2D eigenvalue weighted by atomic mass is 35.7. The number of fused-ring (bicyclic) bond motifs is 1. The van der Waals surface area contributed by atoms with Gasteiger partial charge in [-0.3, -0.25) is 0 Å². The fourth-order valence-corrected chi connectivity index (χ4v) is 1.84. The van der Waals surface area contributed by atoms with E-state index in [9.17, 15) is 13.2 Å². The van der Waals surface area contributed by atoms with Crippen molar-refractivity contribution in [1.29, 1.82) is 0 Å².